The second-order valence-corrected chi connectivity index (χ2v) is 14.4. The Bertz CT molecular complexity index is 2280. The zero-order valence-corrected chi connectivity index (χ0v) is 32.2. The number of hydrogen-bond donors (Lipinski definition) is 0. The first-order chi connectivity index (χ1) is 26.2. The average Bonchev–Trinajstić information content (AvgIpc) is 3.17. The van der Waals surface area contributed by atoms with Gasteiger partial charge in [-0.3, -0.25) is 0 Å². The normalized spacial score (nSPS) is 11.4. The second-order valence-electron chi connectivity index (χ2n) is 14.4. The highest BCUT2D eigenvalue weighted by molar-refractivity contribution is 5.81. The van der Waals surface area contributed by atoms with Gasteiger partial charge in [0.2, 0.25) is 0 Å². The van der Waals surface area contributed by atoms with Gasteiger partial charge in [0.15, 0.2) is 0 Å². The summed E-state index contributed by atoms with van der Waals surface area (Å²) in [6.45, 7) is 13.0. The first-order valence-electron chi connectivity index (χ1n) is 18.7. The topological polar surface area (TPSA) is 6.48 Å². The molecule has 0 heterocycles. The third kappa shape index (κ3) is 8.46. The van der Waals surface area contributed by atoms with Crippen LogP contribution in [0.1, 0.15) is 55.6 Å². The molecule has 54 heavy (non-hydrogen) atoms. The Morgan fingerprint density at radius 3 is 1.02 bits per heavy atom. The molecule has 0 aliphatic rings. The largest absolute Gasteiger partial charge is 0.310 e. The molecule has 7 aromatic carbocycles. The first kappa shape index (κ1) is 36.0. The van der Waals surface area contributed by atoms with Crippen molar-refractivity contribution in [3.8, 4) is 0 Å². The van der Waals surface area contributed by atoms with E-state index < -0.39 is 0 Å². The Balaban J connectivity index is 1.07. The Hall–Kier alpha value is -6.38. The lowest BCUT2D eigenvalue weighted by Crippen LogP contribution is -2.10. The second kappa shape index (κ2) is 16.1. The van der Waals surface area contributed by atoms with Crippen LogP contribution in [0.25, 0.3) is 24.3 Å². The molecule has 0 radical (unpaired) electrons. The van der Waals surface area contributed by atoms with Crippen LogP contribution in [-0.2, 0) is 0 Å². The van der Waals surface area contributed by atoms with Crippen molar-refractivity contribution in [1.82, 2.24) is 0 Å². The van der Waals surface area contributed by atoms with E-state index in [1.807, 2.05) is 0 Å². The number of aryl methyl sites for hydroxylation is 6. The molecule has 7 rings (SSSR count). The van der Waals surface area contributed by atoms with Gasteiger partial charge >= 0.3 is 0 Å². The summed E-state index contributed by atoms with van der Waals surface area (Å²) in [5.41, 5.74) is 19.2. The number of benzene rings is 7. The molecule has 0 aliphatic heterocycles. The van der Waals surface area contributed by atoms with Crippen molar-refractivity contribution in [2.24, 2.45) is 0 Å². The fraction of sp³-hybridized carbons (Fsp3) is 0.115. The molecule has 0 unspecified atom stereocenters. The number of rotatable bonds is 10. The zero-order chi connectivity index (χ0) is 37.6. The third-order valence-electron chi connectivity index (χ3n) is 10.2. The van der Waals surface area contributed by atoms with E-state index in [2.05, 4.69) is 233 Å². The van der Waals surface area contributed by atoms with Crippen molar-refractivity contribution in [3.63, 3.8) is 0 Å². The summed E-state index contributed by atoms with van der Waals surface area (Å²) in [6, 6.07) is 57.1. The zero-order valence-electron chi connectivity index (χ0n) is 32.2. The molecule has 0 amide bonds. The van der Waals surface area contributed by atoms with Gasteiger partial charge in [-0.2, -0.15) is 0 Å². The smallest absolute Gasteiger partial charge is 0.0464 e. The summed E-state index contributed by atoms with van der Waals surface area (Å²) in [4.78, 5) is 4.67. The quantitative estimate of drug-likeness (QED) is 0.131. The monoisotopic (exact) mass is 700 g/mol. The van der Waals surface area contributed by atoms with E-state index in [0.29, 0.717) is 0 Å². The summed E-state index contributed by atoms with van der Waals surface area (Å²) < 4.78 is 0. The molecular formula is C52H48N2. The van der Waals surface area contributed by atoms with Crippen LogP contribution in [0.4, 0.5) is 34.1 Å². The van der Waals surface area contributed by atoms with Gasteiger partial charge in [-0.25, -0.2) is 0 Å². The van der Waals surface area contributed by atoms with E-state index >= 15 is 0 Å². The van der Waals surface area contributed by atoms with Crippen LogP contribution in [0.3, 0.4) is 0 Å². The minimum atomic E-state index is 1.13. The molecule has 7 aromatic rings. The summed E-state index contributed by atoms with van der Waals surface area (Å²) in [5.74, 6) is 0. The first-order valence-corrected chi connectivity index (χ1v) is 18.7. The van der Waals surface area contributed by atoms with E-state index in [9.17, 15) is 0 Å². The van der Waals surface area contributed by atoms with E-state index in [-0.39, 0.29) is 0 Å². The molecule has 2 nitrogen and oxygen atoms in total. The van der Waals surface area contributed by atoms with Crippen LogP contribution in [0.15, 0.2) is 158 Å². The molecule has 266 valence electrons. The Morgan fingerprint density at radius 1 is 0.278 bits per heavy atom. The Labute approximate surface area is 322 Å². The molecule has 0 saturated carbocycles. The van der Waals surface area contributed by atoms with Gasteiger partial charge in [-0.05, 0) is 176 Å². The molecule has 0 aliphatic carbocycles. The lowest BCUT2D eigenvalue weighted by Gasteiger charge is -2.26. The predicted molar refractivity (Wildman–Crippen MR) is 235 cm³/mol. The van der Waals surface area contributed by atoms with Crippen molar-refractivity contribution < 1.29 is 0 Å². The van der Waals surface area contributed by atoms with E-state index in [4.69, 9.17) is 0 Å². The van der Waals surface area contributed by atoms with Crippen LogP contribution in [-0.4, -0.2) is 0 Å². The van der Waals surface area contributed by atoms with Crippen LogP contribution in [0.5, 0.6) is 0 Å². The van der Waals surface area contributed by atoms with Gasteiger partial charge < -0.3 is 9.80 Å². The maximum Gasteiger partial charge on any atom is 0.0464 e. The summed E-state index contributed by atoms with van der Waals surface area (Å²) in [7, 11) is 0. The van der Waals surface area contributed by atoms with E-state index in [1.165, 1.54) is 33.4 Å². The average molecular weight is 701 g/mol. The van der Waals surface area contributed by atoms with Gasteiger partial charge in [0.25, 0.3) is 0 Å². The Kier molecular flexibility index (Phi) is 10.7. The highest BCUT2D eigenvalue weighted by Crippen LogP contribution is 2.37. The van der Waals surface area contributed by atoms with Crippen molar-refractivity contribution >= 4 is 58.4 Å². The van der Waals surface area contributed by atoms with Gasteiger partial charge in [-0.1, -0.05) is 103 Å². The summed E-state index contributed by atoms with van der Waals surface area (Å²) in [6.07, 6.45) is 8.76. The number of nitrogens with zero attached hydrogens (tertiary/aromatic N) is 2. The van der Waals surface area contributed by atoms with Gasteiger partial charge in [0, 0.05) is 34.1 Å². The molecule has 0 fully saturated rings. The van der Waals surface area contributed by atoms with Gasteiger partial charge in [-0.15, -0.1) is 0 Å². The van der Waals surface area contributed by atoms with Crippen molar-refractivity contribution in [2.45, 2.75) is 41.5 Å². The van der Waals surface area contributed by atoms with Crippen molar-refractivity contribution in [1.29, 1.82) is 0 Å². The molecule has 0 aromatic heterocycles. The lowest BCUT2D eigenvalue weighted by atomic mass is 10.1. The van der Waals surface area contributed by atoms with Gasteiger partial charge in [0.1, 0.15) is 0 Å². The van der Waals surface area contributed by atoms with E-state index in [0.717, 1.165) is 56.4 Å². The summed E-state index contributed by atoms with van der Waals surface area (Å²) >= 11 is 0. The lowest BCUT2D eigenvalue weighted by molar-refractivity contribution is 1.24. The van der Waals surface area contributed by atoms with Crippen molar-refractivity contribution in [2.75, 3.05) is 9.80 Å². The Morgan fingerprint density at radius 2 is 0.630 bits per heavy atom. The fourth-order valence-corrected chi connectivity index (χ4v) is 6.78. The molecule has 0 N–H and O–H groups in total. The van der Waals surface area contributed by atoms with Crippen LogP contribution >= 0.6 is 0 Å². The molecule has 0 atom stereocenters. The highest BCUT2D eigenvalue weighted by atomic mass is 15.1. The van der Waals surface area contributed by atoms with Gasteiger partial charge in [0.05, 0.1) is 0 Å². The molecule has 0 saturated heterocycles. The van der Waals surface area contributed by atoms with Crippen LogP contribution in [0.2, 0.25) is 0 Å². The molecular weight excluding hydrogens is 653 g/mol. The minimum Gasteiger partial charge on any atom is -0.310 e. The molecule has 0 spiro atoms. The fourth-order valence-electron chi connectivity index (χ4n) is 6.78. The maximum absolute atomic E-state index is 2.33. The highest BCUT2D eigenvalue weighted by Gasteiger charge is 2.15. The van der Waals surface area contributed by atoms with Crippen LogP contribution in [0, 0.1) is 41.5 Å². The number of hydrogen-bond acceptors (Lipinski definition) is 2. The van der Waals surface area contributed by atoms with Crippen LogP contribution < -0.4 is 9.80 Å². The SMILES string of the molecule is Cc1cccc(N(c2ccc(/C=C/c3cccc(/C=C/c4ccc(N(c5cccc(C)c5)c5ccc(C)c(C)c5)cc4)c3)cc2)c2ccc(C)c(C)c2)c1. The van der Waals surface area contributed by atoms with Crippen molar-refractivity contribution in [3.05, 3.63) is 213 Å². The molecule has 0 bridgehead atoms. The summed E-state index contributed by atoms with van der Waals surface area (Å²) in [5, 5.41) is 0. The number of anilines is 6. The predicted octanol–water partition coefficient (Wildman–Crippen LogP) is 14.8. The molecule has 2 heteroatoms. The maximum atomic E-state index is 2.33. The standard InChI is InChI=1S/C52H48N2/c1-37-10-7-14-49(32-37)53(51-26-16-39(3)41(5)34-51)47-28-22-43(23-29-47)18-20-45-12-9-13-46(36-45)21-19-44-24-30-48(31-25-44)54(50-15-8-11-38(2)33-50)52-27-17-40(4)42(6)35-52/h7-36H,1-6H3/b20-18+,21-19+. The minimum absolute atomic E-state index is 1.13. The third-order valence-corrected chi connectivity index (χ3v) is 10.2. The van der Waals surface area contributed by atoms with E-state index in [1.54, 1.807) is 0 Å².